The van der Waals surface area contributed by atoms with Crippen LogP contribution in [0.3, 0.4) is 0 Å². The first-order valence-corrected chi connectivity index (χ1v) is 7.56. The van der Waals surface area contributed by atoms with E-state index in [0.717, 1.165) is 5.56 Å². The van der Waals surface area contributed by atoms with Gasteiger partial charge in [-0.2, -0.15) is 16.3 Å². The van der Waals surface area contributed by atoms with Gasteiger partial charge in [0.25, 0.3) is 0 Å². The molecule has 1 aliphatic heterocycles. The summed E-state index contributed by atoms with van der Waals surface area (Å²) in [5.74, 6) is 0.786. The van der Waals surface area contributed by atoms with Gasteiger partial charge in [0, 0.05) is 36.9 Å². The van der Waals surface area contributed by atoms with Crippen LogP contribution in [-0.4, -0.2) is 46.5 Å². The van der Waals surface area contributed by atoms with Crippen LogP contribution in [0.15, 0.2) is 21.3 Å². The van der Waals surface area contributed by atoms with Gasteiger partial charge in [0.05, 0.1) is 6.54 Å². The van der Waals surface area contributed by atoms with E-state index >= 15 is 0 Å². The van der Waals surface area contributed by atoms with Crippen molar-refractivity contribution < 1.29 is 14.1 Å². The second kappa shape index (κ2) is 6.04. The van der Waals surface area contributed by atoms with Crippen molar-refractivity contribution in [2.24, 2.45) is 0 Å². The molecule has 7 nitrogen and oxygen atoms in total. The number of hydrogen-bond donors (Lipinski definition) is 1. The molecule has 0 saturated carbocycles. The molecule has 1 aliphatic rings. The average molecular weight is 306 g/mol. The van der Waals surface area contributed by atoms with Crippen molar-refractivity contribution in [2.75, 3.05) is 19.6 Å². The topological polar surface area (TPSA) is 88.3 Å². The fourth-order valence-electron chi connectivity index (χ4n) is 2.09. The van der Waals surface area contributed by atoms with Gasteiger partial charge in [0.15, 0.2) is 0 Å². The molecule has 2 amide bonds. The molecule has 8 heteroatoms. The first kappa shape index (κ1) is 13.7. The molecule has 2 aromatic rings. The summed E-state index contributed by atoms with van der Waals surface area (Å²) in [5, 5.41) is 10.5. The summed E-state index contributed by atoms with van der Waals surface area (Å²) in [6, 6.07) is 1.91. The van der Waals surface area contributed by atoms with Gasteiger partial charge >= 0.3 is 0 Å². The zero-order chi connectivity index (χ0) is 14.7. The van der Waals surface area contributed by atoms with Gasteiger partial charge in [0.1, 0.15) is 0 Å². The van der Waals surface area contributed by atoms with Crippen LogP contribution < -0.4 is 5.32 Å². The van der Waals surface area contributed by atoms with Crippen LogP contribution in [0.1, 0.15) is 12.3 Å². The molecule has 1 saturated heterocycles. The second-order valence-electron chi connectivity index (χ2n) is 4.69. The van der Waals surface area contributed by atoms with E-state index in [-0.39, 0.29) is 24.8 Å². The van der Waals surface area contributed by atoms with Gasteiger partial charge < -0.3 is 14.7 Å². The number of aromatic nitrogens is 2. The molecule has 1 N–H and O–H groups in total. The summed E-state index contributed by atoms with van der Waals surface area (Å²) >= 11 is 1.56. The molecule has 0 aromatic carbocycles. The molecule has 0 unspecified atom stereocenters. The van der Waals surface area contributed by atoms with Crippen LogP contribution in [-0.2, 0) is 16.0 Å². The van der Waals surface area contributed by atoms with Crippen molar-refractivity contribution in [2.45, 2.75) is 12.8 Å². The van der Waals surface area contributed by atoms with Crippen molar-refractivity contribution in [1.29, 1.82) is 0 Å². The van der Waals surface area contributed by atoms with Crippen molar-refractivity contribution in [3.05, 3.63) is 22.7 Å². The van der Waals surface area contributed by atoms with E-state index in [1.807, 2.05) is 16.8 Å². The van der Waals surface area contributed by atoms with Crippen molar-refractivity contribution in [3.63, 3.8) is 0 Å². The molecule has 0 radical (unpaired) electrons. The van der Waals surface area contributed by atoms with E-state index in [4.69, 9.17) is 4.52 Å². The highest BCUT2D eigenvalue weighted by molar-refractivity contribution is 7.08. The van der Waals surface area contributed by atoms with Crippen molar-refractivity contribution in [1.82, 2.24) is 20.4 Å². The Morgan fingerprint density at radius 3 is 3.19 bits per heavy atom. The van der Waals surface area contributed by atoms with E-state index in [2.05, 4.69) is 15.5 Å². The number of carbonyl (C=O) groups excluding carboxylic acids is 2. The summed E-state index contributed by atoms with van der Waals surface area (Å²) < 4.78 is 5.14. The lowest BCUT2D eigenvalue weighted by Crippen LogP contribution is -2.50. The van der Waals surface area contributed by atoms with Gasteiger partial charge in [-0.1, -0.05) is 5.16 Å². The standard InChI is InChI=1S/C13H14N4O3S/c18-10-7-17(5-4-14-10)12(19)2-1-11-15-13(16-20-11)9-3-6-21-8-9/h3,6,8H,1-2,4-5,7H2,(H,14,18). The highest BCUT2D eigenvalue weighted by atomic mass is 32.1. The predicted molar refractivity (Wildman–Crippen MR) is 75.5 cm³/mol. The maximum Gasteiger partial charge on any atom is 0.239 e. The molecule has 21 heavy (non-hydrogen) atoms. The number of nitrogens with zero attached hydrogens (tertiary/aromatic N) is 3. The van der Waals surface area contributed by atoms with E-state index in [0.29, 0.717) is 31.2 Å². The molecule has 0 bridgehead atoms. The van der Waals surface area contributed by atoms with E-state index < -0.39 is 0 Å². The fraction of sp³-hybridized carbons (Fsp3) is 0.385. The Kier molecular flexibility index (Phi) is 3.96. The Bertz CT molecular complexity index is 638. The lowest BCUT2D eigenvalue weighted by Gasteiger charge is -2.26. The largest absolute Gasteiger partial charge is 0.353 e. The number of thiophene rings is 1. The first-order valence-electron chi connectivity index (χ1n) is 6.62. The van der Waals surface area contributed by atoms with Crippen LogP contribution in [0.4, 0.5) is 0 Å². The van der Waals surface area contributed by atoms with Crippen LogP contribution >= 0.6 is 11.3 Å². The Labute approximate surface area is 124 Å². The lowest BCUT2D eigenvalue weighted by molar-refractivity contribution is -0.138. The molecule has 0 aliphatic carbocycles. The Morgan fingerprint density at radius 1 is 1.52 bits per heavy atom. The van der Waals surface area contributed by atoms with Gasteiger partial charge in [0.2, 0.25) is 23.5 Å². The van der Waals surface area contributed by atoms with Crippen molar-refractivity contribution in [3.8, 4) is 11.4 Å². The van der Waals surface area contributed by atoms with Crippen LogP contribution in [0.25, 0.3) is 11.4 Å². The monoisotopic (exact) mass is 306 g/mol. The third-order valence-electron chi connectivity index (χ3n) is 3.19. The quantitative estimate of drug-likeness (QED) is 0.898. The Morgan fingerprint density at radius 2 is 2.43 bits per heavy atom. The zero-order valence-corrected chi connectivity index (χ0v) is 12.1. The second-order valence-corrected chi connectivity index (χ2v) is 5.47. The Balaban J connectivity index is 1.55. The predicted octanol–water partition coefficient (Wildman–Crippen LogP) is 0.689. The summed E-state index contributed by atoms with van der Waals surface area (Å²) in [6.45, 7) is 1.19. The lowest BCUT2D eigenvalue weighted by atomic mass is 10.2. The molecule has 2 aromatic heterocycles. The molecule has 1 fully saturated rings. The smallest absolute Gasteiger partial charge is 0.239 e. The molecule has 0 spiro atoms. The highest BCUT2D eigenvalue weighted by Gasteiger charge is 2.21. The van der Waals surface area contributed by atoms with E-state index in [1.165, 1.54) is 0 Å². The third kappa shape index (κ3) is 3.27. The molecule has 110 valence electrons. The minimum Gasteiger partial charge on any atom is -0.353 e. The third-order valence-corrected chi connectivity index (χ3v) is 3.87. The minimum atomic E-state index is -0.118. The summed E-state index contributed by atoms with van der Waals surface area (Å²) in [5.41, 5.74) is 0.911. The normalized spacial score (nSPS) is 15.0. The number of piperazine rings is 1. The number of hydrogen-bond acceptors (Lipinski definition) is 6. The fourth-order valence-corrected chi connectivity index (χ4v) is 2.72. The molecule has 3 rings (SSSR count). The average Bonchev–Trinajstić information content (AvgIpc) is 3.15. The summed E-state index contributed by atoms with van der Waals surface area (Å²) in [4.78, 5) is 29.1. The van der Waals surface area contributed by atoms with Gasteiger partial charge in [-0.15, -0.1) is 0 Å². The zero-order valence-electron chi connectivity index (χ0n) is 11.2. The molecule has 3 heterocycles. The number of aryl methyl sites for hydroxylation is 1. The highest BCUT2D eigenvalue weighted by Crippen LogP contribution is 2.19. The molecular formula is C13H14N4O3S. The van der Waals surface area contributed by atoms with Crippen molar-refractivity contribution >= 4 is 23.2 Å². The van der Waals surface area contributed by atoms with Gasteiger partial charge in [-0.25, -0.2) is 0 Å². The van der Waals surface area contributed by atoms with Crippen LogP contribution in [0.5, 0.6) is 0 Å². The van der Waals surface area contributed by atoms with E-state index in [1.54, 1.807) is 16.2 Å². The Hall–Kier alpha value is -2.22. The SMILES string of the molecule is O=C1CN(C(=O)CCc2nc(-c3ccsc3)no2)CCN1. The van der Waals surface area contributed by atoms with Crippen LogP contribution in [0, 0.1) is 0 Å². The maximum atomic E-state index is 12.0. The molecule has 0 atom stereocenters. The first-order chi connectivity index (χ1) is 10.2. The minimum absolute atomic E-state index is 0.0693. The molecular weight excluding hydrogens is 292 g/mol. The number of amides is 2. The maximum absolute atomic E-state index is 12.0. The number of rotatable bonds is 4. The summed E-state index contributed by atoms with van der Waals surface area (Å²) in [6.07, 6.45) is 0.645. The van der Waals surface area contributed by atoms with Crippen LogP contribution in [0.2, 0.25) is 0 Å². The number of carbonyl (C=O) groups is 2. The van der Waals surface area contributed by atoms with E-state index in [9.17, 15) is 9.59 Å². The van der Waals surface area contributed by atoms with Gasteiger partial charge in [-0.05, 0) is 11.4 Å². The van der Waals surface area contributed by atoms with Gasteiger partial charge in [-0.3, -0.25) is 9.59 Å². The summed E-state index contributed by atoms with van der Waals surface area (Å²) in [7, 11) is 0. The number of nitrogens with one attached hydrogen (secondary N) is 1.